The van der Waals surface area contributed by atoms with Crippen LogP contribution in [0.3, 0.4) is 0 Å². The second kappa shape index (κ2) is 8.24. The van der Waals surface area contributed by atoms with Crippen molar-refractivity contribution in [3.63, 3.8) is 0 Å². The van der Waals surface area contributed by atoms with Gasteiger partial charge in [0.15, 0.2) is 0 Å². The van der Waals surface area contributed by atoms with Crippen LogP contribution in [0.15, 0.2) is 72.9 Å². The molecule has 1 atom stereocenters. The third kappa shape index (κ3) is 5.35. The summed E-state index contributed by atoms with van der Waals surface area (Å²) < 4.78 is 79.5. The van der Waals surface area contributed by atoms with Crippen LogP contribution in [0.1, 0.15) is 34.0 Å². The zero-order valence-corrected chi connectivity index (χ0v) is 14.9. The summed E-state index contributed by atoms with van der Waals surface area (Å²) >= 11 is 0. The normalized spacial score (nSPS) is 13.3. The van der Waals surface area contributed by atoms with Crippen molar-refractivity contribution in [2.45, 2.75) is 24.9 Å². The fraction of sp³-hybridized carbons (Fsp3) is 0.190. The second-order valence-electron chi connectivity index (χ2n) is 6.39. The van der Waals surface area contributed by atoms with E-state index in [1.54, 1.807) is 42.5 Å². The molecule has 0 amide bonds. The fourth-order valence-electron chi connectivity index (χ4n) is 2.90. The first kappa shape index (κ1) is 20.9. The molecule has 8 heteroatoms. The summed E-state index contributed by atoms with van der Waals surface area (Å²) in [6.07, 6.45) is -8.39. The van der Waals surface area contributed by atoms with Crippen molar-refractivity contribution in [3.8, 4) is 0 Å². The lowest BCUT2D eigenvalue weighted by Gasteiger charge is -2.22. The summed E-state index contributed by atoms with van der Waals surface area (Å²) in [5.74, 6) is 0. The average molecular weight is 410 g/mol. The number of pyridine rings is 1. The maximum absolute atomic E-state index is 13.2. The maximum atomic E-state index is 13.2. The Morgan fingerprint density at radius 2 is 1.34 bits per heavy atom. The quantitative estimate of drug-likeness (QED) is 0.522. The van der Waals surface area contributed by atoms with E-state index in [0.717, 1.165) is 17.7 Å². The first-order valence-corrected chi connectivity index (χ1v) is 8.62. The first-order chi connectivity index (χ1) is 13.6. The smallest absolute Gasteiger partial charge is 0.301 e. The van der Waals surface area contributed by atoms with Gasteiger partial charge in [-0.05, 0) is 41.5 Å². The summed E-state index contributed by atoms with van der Waals surface area (Å²) in [5.41, 5.74) is -1.73. The minimum atomic E-state index is -4.91. The van der Waals surface area contributed by atoms with Crippen LogP contribution in [0.4, 0.5) is 26.3 Å². The third-order valence-electron chi connectivity index (χ3n) is 4.28. The molecule has 0 fully saturated rings. The van der Waals surface area contributed by atoms with E-state index in [4.69, 9.17) is 0 Å². The van der Waals surface area contributed by atoms with Gasteiger partial charge in [-0.1, -0.05) is 36.4 Å². The number of alkyl halides is 6. The maximum Gasteiger partial charge on any atom is 0.416 e. The minimum absolute atomic E-state index is 0.121. The van der Waals surface area contributed by atoms with Crippen molar-refractivity contribution in [1.29, 1.82) is 0 Å². The SMILES string of the molecule is FC(F)(F)c1cc(C(NCc2ccccc2)c2ccccn2)cc(C(F)(F)F)c1. The number of aromatic nitrogens is 1. The molecule has 0 saturated heterocycles. The Balaban J connectivity index is 2.06. The summed E-state index contributed by atoms with van der Waals surface area (Å²) in [6.45, 7) is 0.236. The molecule has 152 valence electrons. The van der Waals surface area contributed by atoms with Crippen LogP contribution in [-0.2, 0) is 18.9 Å². The predicted octanol–water partition coefficient (Wildman–Crippen LogP) is 6.00. The molecule has 1 N–H and O–H groups in total. The Labute approximate surface area is 163 Å². The molecule has 29 heavy (non-hydrogen) atoms. The van der Waals surface area contributed by atoms with E-state index in [9.17, 15) is 26.3 Å². The summed E-state index contributed by atoms with van der Waals surface area (Å²) in [7, 11) is 0. The van der Waals surface area contributed by atoms with E-state index in [1.807, 2.05) is 6.07 Å². The Morgan fingerprint density at radius 1 is 0.759 bits per heavy atom. The molecule has 1 unspecified atom stereocenters. The molecule has 1 aromatic heterocycles. The van der Waals surface area contributed by atoms with Gasteiger partial charge < -0.3 is 5.32 Å². The minimum Gasteiger partial charge on any atom is -0.301 e. The lowest BCUT2D eigenvalue weighted by molar-refractivity contribution is -0.143. The van der Waals surface area contributed by atoms with Crippen molar-refractivity contribution in [2.75, 3.05) is 0 Å². The molecular formula is C21H16F6N2. The number of nitrogens with one attached hydrogen (secondary N) is 1. The van der Waals surface area contributed by atoms with Gasteiger partial charge >= 0.3 is 12.4 Å². The Bertz CT molecular complexity index is 905. The van der Waals surface area contributed by atoms with Crippen molar-refractivity contribution in [3.05, 3.63) is 101 Å². The number of halogens is 6. The van der Waals surface area contributed by atoms with Gasteiger partial charge in [0.2, 0.25) is 0 Å². The third-order valence-corrected chi connectivity index (χ3v) is 4.28. The topological polar surface area (TPSA) is 24.9 Å². The monoisotopic (exact) mass is 410 g/mol. The highest BCUT2D eigenvalue weighted by atomic mass is 19.4. The van der Waals surface area contributed by atoms with Crippen molar-refractivity contribution >= 4 is 0 Å². The van der Waals surface area contributed by atoms with Crippen LogP contribution >= 0.6 is 0 Å². The largest absolute Gasteiger partial charge is 0.416 e. The Morgan fingerprint density at radius 3 is 1.86 bits per heavy atom. The van der Waals surface area contributed by atoms with Gasteiger partial charge in [0.25, 0.3) is 0 Å². The molecule has 0 radical (unpaired) electrons. The highest BCUT2D eigenvalue weighted by Crippen LogP contribution is 2.38. The van der Waals surface area contributed by atoms with E-state index in [1.165, 1.54) is 6.20 Å². The van der Waals surface area contributed by atoms with E-state index in [-0.39, 0.29) is 18.2 Å². The number of hydrogen-bond acceptors (Lipinski definition) is 2. The van der Waals surface area contributed by atoms with Gasteiger partial charge in [-0.3, -0.25) is 4.98 Å². The van der Waals surface area contributed by atoms with Gasteiger partial charge in [0, 0.05) is 12.7 Å². The Kier molecular flexibility index (Phi) is 5.93. The first-order valence-electron chi connectivity index (χ1n) is 8.62. The molecular weight excluding hydrogens is 394 g/mol. The molecule has 0 aliphatic rings. The van der Waals surface area contributed by atoms with Gasteiger partial charge in [-0.25, -0.2) is 0 Å². The summed E-state index contributed by atoms with van der Waals surface area (Å²) in [5, 5.41) is 3.03. The van der Waals surface area contributed by atoms with Crippen LogP contribution in [0, 0.1) is 0 Å². The average Bonchev–Trinajstić information content (AvgIpc) is 2.68. The van der Waals surface area contributed by atoms with Gasteiger partial charge in [-0.2, -0.15) is 26.3 Å². The highest BCUT2D eigenvalue weighted by Gasteiger charge is 2.37. The highest BCUT2D eigenvalue weighted by molar-refractivity contribution is 5.38. The molecule has 0 saturated carbocycles. The fourth-order valence-corrected chi connectivity index (χ4v) is 2.90. The molecule has 0 spiro atoms. The van der Waals surface area contributed by atoms with Gasteiger partial charge in [0.05, 0.1) is 22.9 Å². The zero-order chi connectivity index (χ0) is 21.1. The van der Waals surface area contributed by atoms with Crippen molar-refractivity contribution < 1.29 is 26.3 Å². The zero-order valence-electron chi connectivity index (χ0n) is 14.9. The van der Waals surface area contributed by atoms with Crippen LogP contribution in [0.5, 0.6) is 0 Å². The van der Waals surface area contributed by atoms with Crippen molar-refractivity contribution in [2.24, 2.45) is 0 Å². The summed E-state index contributed by atoms with van der Waals surface area (Å²) in [6, 6.07) is 14.4. The standard InChI is InChI=1S/C21H16F6N2/c22-20(23,24)16-10-15(11-17(12-16)21(25,26)27)19(18-8-4-5-9-28-18)29-13-14-6-2-1-3-7-14/h1-12,19,29H,13H2. The molecule has 0 bridgehead atoms. The van der Waals surface area contributed by atoms with Crippen LogP contribution in [0.25, 0.3) is 0 Å². The van der Waals surface area contributed by atoms with Gasteiger partial charge in [-0.15, -0.1) is 0 Å². The molecule has 1 heterocycles. The molecule has 3 aromatic rings. The van der Waals surface area contributed by atoms with Gasteiger partial charge in [0.1, 0.15) is 0 Å². The predicted molar refractivity (Wildman–Crippen MR) is 95.8 cm³/mol. The summed E-state index contributed by atoms with van der Waals surface area (Å²) in [4.78, 5) is 4.13. The molecule has 0 aliphatic heterocycles. The van der Waals surface area contributed by atoms with Crippen LogP contribution < -0.4 is 5.32 Å². The van der Waals surface area contributed by atoms with E-state index < -0.39 is 29.5 Å². The second-order valence-corrected chi connectivity index (χ2v) is 6.39. The van der Waals surface area contributed by atoms with Crippen LogP contribution in [-0.4, -0.2) is 4.98 Å². The lowest BCUT2D eigenvalue weighted by Crippen LogP contribution is -2.24. The molecule has 3 rings (SSSR count). The number of benzene rings is 2. The van der Waals surface area contributed by atoms with E-state index in [0.29, 0.717) is 5.69 Å². The Hall–Kier alpha value is -2.87. The number of rotatable bonds is 5. The lowest BCUT2D eigenvalue weighted by atomic mass is 9.97. The van der Waals surface area contributed by atoms with E-state index >= 15 is 0 Å². The molecule has 0 aliphatic carbocycles. The van der Waals surface area contributed by atoms with E-state index in [2.05, 4.69) is 10.3 Å². The molecule has 2 nitrogen and oxygen atoms in total. The molecule has 2 aromatic carbocycles. The van der Waals surface area contributed by atoms with Crippen LogP contribution in [0.2, 0.25) is 0 Å². The number of nitrogens with zero attached hydrogens (tertiary/aromatic N) is 1. The number of hydrogen-bond donors (Lipinski definition) is 1. The van der Waals surface area contributed by atoms with Crippen molar-refractivity contribution in [1.82, 2.24) is 10.3 Å².